The van der Waals surface area contributed by atoms with Crippen LogP contribution in [0.2, 0.25) is 10.0 Å². The summed E-state index contributed by atoms with van der Waals surface area (Å²) in [7, 11) is -6.27. The summed E-state index contributed by atoms with van der Waals surface area (Å²) < 4.78 is 107. The topological polar surface area (TPSA) is 61.2 Å². The molecule has 2 aromatic rings. The number of hydrogen-bond donors (Lipinski definition) is 0. The Balaban J connectivity index is 2.00. The van der Waals surface area contributed by atoms with Gasteiger partial charge in [-0.05, 0) is 31.4 Å². The first-order chi connectivity index (χ1) is 13.7. The van der Waals surface area contributed by atoms with Crippen LogP contribution in [0.3, 0.4) is 0 Å². The molecule has 0 saturated carbocycles. The molecular weight excluding hydrogens is 485 g/mol. The number of rotatable bonds is 5. The van der Waals surface area contributed by atoms with Gasteiger partial charge in [0.05, 0.1) is 15.7 Å². The summed E-state index contributed by atoms with van der Waals surface area (Å²) in [6, 6.07) is 1.09. The molecule has 0 fully saturated rings. The fourth-order valence-corrected chi connectivity index (χ4v) is 3.99. The van der Waals surface area contributed by atoms with Crippen molar-refractivity contribution in [2.24, 2.45) is 0 Å². The summed E-state index contributed by atoms with van der Waals surface area (Å²) in [5.74, 6) is -5.34. The number of fused-ring (bicyclic) bond motifs is 1. The number of alkyl halides is 5. The van der Waals surface area contributed by atoms with Crippen LogP contribution in [0.5, 0.6) is 0 Å². The molecule has 3 rings (SSSR count). The lowest BCUT2D eigenvalue weighted by atomic mass is 10.0. The summed E-state index contributed by atoms with van der Waals surface area (Å²) in [6.45, 7) is -1.69. The van der Waals surface area contributed by atoms with Crippen molar-refractivity contribution < 1.29 is 38.9 Å². The Morgan fingerprint density at radius 2 is 1.80 bits per heavy atom. The van der Waals surface area contributed by atoms with Crippen molar-refractivity contribution in [1.29, 1.82) is 0 Å². The first-order valence-electron chi connectivity index (χ1n) is 8.33. The molecule has 1 aromatic heterocycles. The van der Waals surface area contributed by atoms with Crippen LogP contribution in [0, 0.1) is 5.82 Å². The first-order valence-corrected chi connectivity index (χ1v) is 10.5. The van der Waals surface area contributed by atoms with Crippen molar-refractivity contribution in [3.63, 3.8) is 0 Å². The lowest BCUT2D eigenvalue weighted by Gasteiger charge is -2.19. The molecule has 1 aromatic carbocycles. The van der Waals surface area contributed by atoms with Gasteiger partial charge >= 0.3 is 15.6 Å². The van der Waals surface area contributed by atoms with Gasteiger partial charge in [0.1, 0.15) is 18.1 Å². The average Bonchev–Trinajstić information content (AvgIpc) is 2.96. The predicted octanol–water partition coefficient (Wildman–Crippen LogP) is 5.29. The summed E-state index contributed by atoms with van der Waals surface area (Å²) in [5.41, 5.74) is -7.02. The van der Waals surface area contributed by atoms with Gasteiger partial charge < -0.3 is 0 Å². The van der Waals surface area contributed by atoms with Gasteiger partial charge in [-0.25, -0.2) is 4.39 Å². The molecule has 0 radical (unpaired) electrons. The zero-order valence-electron chi connectivity index (χ0n) is 14.7. The Bertz CT molecular complexity index is 1090. The molecule has 0 spiro atoms. The average molecular weight is 497 g/mol. The summed E-state index contributed by atoms with van der Waals surface area (Å²) in [5, 5.41) is 3.35. The third kappa shape index (κ3) is 4.27. The van der Waals surface area contributed by atoms with Crippen LogP contribution in [0.1, 0.15) is 24.1 Å². The van der Waals surface area contributed by atoms with Crippen molar-refractivity contribution in [3.05, 3.63) is 39.3 Å². The molecule has 1 aliphatic heterocycles. The fraction of sp³-hybridized carbons (Fsp3) is 0.438. The van der Waals surface area contributed by atoms with E-state index in [0.717, 1.165) is 12.8 Å². The highest BCUT2D eigenvalue weighted by atomic mass is 35.5. The van der Waals surface area contributed by atoms with Crippen molar-refractivity contribution in [2.75, 3.05) is 6.61 Å². The summed E-state index contributed by atoms with van der Waals surface area (Å²) >= 11 is 11.9. The highest BCUT2D eigenvalue weighted by Gasteiger charge is 2.49. The Morgan fingerprint density at radius 3 is 2.40 bits per heavy atom. The second-order valence-corrected chi connectivity index (χ2v) is 8.86. The van der Waals surface area contributed by atoms with Gasteiger partial charge in [-0.3, -0.25) is 8.86 Å². The van der Waals surface area contributed by atoms with E-state index in [4.69, 9.17) is 23.2 Å². The quantitative estimate of drug-likeness (QED) is 0.320. The number of halogens is 8. The third-order valence-electron chi connectivity index (χ3n) is 4.41. The molecule has 0 aliphatic carbocycles. The van der Waals surface area contributed by atoms with E-state index in [2.05, 4.69) is 9.28 Å². The molecule has 2 heterocycles. The van der Waals surface area contributed by atoms with E-state index in [1.165, 1.54) is 4.68 Å². The maximum atomic E-state index is 14.5. The number of nitrogens with zero attached hydrogens (tertiary/aromatic N) is 2. The molecule has 0 bridgehead atoms. The SMILES string of the molecule is O=S(=O)(OCC(F)(F)c1cc(-c2nn3c(c2Cl)CCCC3)c(F)cc1Cl)C(F)(F)F. The minimum atomic E-state index is -6.27. The zero-order chi connectivity index (χ0) is 22.5. The Hall–Kier alpha value is -1.50. The van der Waals surface area contributed by atoms with Gasteiger partial charge in [0.25, 0.3) is 5.92 Å². The van der Waals surface area contributed by atoms with Crippen LogP contribution in [-0.4, -0.2) is 30.3 Å². The Kier molecular flexibility index (Phi) is 6.09. The zero-order valence-corrected chi connectivity index (χ0v) is 17.1. The number of aryl methyl sites for hydroxylation is 1. The molecule has 0 N–H and O–H groups in total. The maximum absolute atomic E-state index is 14.5. The maximum Gasteiger partial charge on any atom is 0.523 e. The molecule has 1 aliphatic rings. The minimum Gasteiger partial charge on any atom is -0.267 e. The van der Waals surface area contributed by atoms with Crippen molar-refractivity contribution in [2.45, 2.75) is 37.2 Å². The lowest BCUT2D eigenvalue weighted by molar-refractivity contribution is -0.0746. The third-order valence-corrected chi connectivity index (χ3v) is 6.12. The standard InChI is InChI=1S/C16H12Cl2F6N2O3S/c17-10-6-11(19)8(14-13(18)12-3-1-2-4-26(12)25-14)5-9(10)15(20,21)7-29-30(27,28)16(22,23)24/h5-6H,1-4,7H2. The van der Waals surface area contributed by atoms with Crippen molar-refractivity contribution in [1.82, 2.24) is 9.78 Å². The van der Waals surface area contributed by atoms with E-state index >= 15 is 0 Å². The second-order valence-electron chi connectivity index (χ2n) is 6.47. The molecule has 0 amide bonds. The van der Waals surface area contributed by atoms with E-state index in [1.54, 1.807) is 0 Å². The van der Waals surface area contributed by atoms with Gasteiger partial charge in [-0.2, -0.15) is 35.5 Å². The molecule has 166 valence electrons. The first kappa shape index (κ1) is 23.2. The Morgan fingerprint density at radius 1 is 1.13 bits per heavy atom. The molecule has 0 atom stereocenters. The number of hydrogen-bond acceptors (Lipinski definition) is 4. The van der Waals surface area contributed by atoms with Gasteiger partial charge in [0.2, 0.25) is 0 Å². The lowest BCUT2D eigenvalue weighted by Crippen LogP contribution is -2.31. The van der Waals surface area contributed by atoms with Gasteiger partial charge in [0, 0.05) is 17.7 Å². The van der Waals surface area contributed by atoms with Gasteiger partial charge in [-0.1, -0.05) is 23.2 Å². The largest absolute Gasteiger partial charge is 0.523 e. The normalized spacial score (nSPS) is 15.3. The van der Waals surface area contributed by atoms with E-state index < -0.39 is 50.1 Å². The highest BCUT2D eigenvalue weighted by Crippen LogP contribution is 2.41. The van der Waals surface area contributed by atoms with Gasteiger partial charge in [0.15, 0.2) is 0 Å². The summed E-state index contributed by atoms with van der Waals surface area (Å²) in [4.78, 5) is 0. The smallest absolute Gasteiger partial charge is 0.267 e. The Labute approximate surface area is 176 Å². The highest BCUT2D eigenvalue weighted by molar-refractivity contribution is 7.87. The number of benzene rings is 1. The van der Waals surface area contributed by atoms with E-state index in [0.29, 0.717) is 30.8 Å². The van der Waals surface area contributed by atoms with Crippen LogP contribution >= 0.6 is 23.2 Å². The molecule has 14 heteroatoms. The van der Waals surface area contributed by atoms with Crippen molar-refractivity contribution in [3.8, 4) is 11.3 Å². The van der Waals surface area contributed by atoms with Crippen LogP contribution < -0.4 is 0 Å². The van der Waals surface area contributed by atoms with Crippen LogP contribution in [0.15, 0.2) is 12.1 Å². The van der Waals surface area contributed by atoms with Crippen LogP contribution in [0.25, 0.3) is 11.3 Å². The van der Waals surface area contributed by atoms with Crippen molar-refractivity contribution >= 4 is 33.3 Å². The monoisotopic (exact) mass is 496 g/mol. The molecule has 0 unspecified atom stereocenters. The minimum absolute atomic E-state index is 0.0566. The molecular formula is C16H12Cl2F6N2O3S. The molecule has 0 saturated heterocycles. The van der Waals surface area contributed by atoms with E-state index in [1.807, 2.05) is 0 Å². The van der Waals surface area contributed by atoms with Crippen LogP contribution in [0.4, 0.5) is 26.3 Å². The van der Waals surface area contributed by atoms with Crippen LogP contribution in [-0.2, 0) is 33.2 Å². The second kappa shape index (κ2) is 7.88. The van der Waals surface area contributed by atoms with E-state index in [-0.39, 0.29) is 10.7 Å². The summed E-state index contributed by atoms with van der Waals surface area (Å²) in [6.07, 6.45) is 2.15. The molecule has 30 heavy (non-hydrogen) atoms. The molecule has 5 nitrogen and oxygen atoms in total. The van der Waals surface area contributed by atoms with E-state index in [9.17, 15) is 34.8 Å². The predicted molar refractivity (Wildman–Crippen MR) is 95.4 cm³/mol. The number of aromatic nitrogens is 2. The van der Waals surface area contributed by atoms with Gasteiger partial charge in [-0.15, -0.1) is 0 Å². The fourth-order valence-electron chi connectivity index (χ4n) is 2.93.